The molecule has 0 saturated heterocycles. The maximum atomic E-state index is 14.4. The molecule has 0 spiro atoms. The van der Waals surface area contributed by atoms with Crippen molar-refractivity contribution in [1.82, 2.24) is 9.97 Å². The van der Waals surface area contributed by atoms with Crippen molar-refractivity contribution in [1.29, 1.82) is 0 Å². The van der Waals surface area contributed by atoms with E-state index in [9.17, 15) is 13.6 Å². The number of pyridine rings is 1. The smallest absolute Gasteiger partial charge is 0.167 e. The minimum atomic E-state index is -0.781. The standard InChI is InChI=1S/C21H19F2N3O/c1-21(2)8-15-18(16(27)9-21)20(25-12-6-4-3-5-7-12)19(26-15)17-13(22)10-24-11-14(17)23/h3-7,10-11,25-26H,8-9H2,1-2H3. The molecule has 6 heteroatoms. The van der Waals surface area contributed by atoms with Gasteiger partial charge in [-0.05, 0) is 24.0 Å². The second kappa shape index (κ2) is 6.30. The number of benzene rings is 1. The number of hydrogen-bond donors (Lipinski definition) is 2. The molecular weight excluding hydrogens is 348 g/mol. The van der Waals surface area contributed by atoms with Crippen LogP contribution in [0.5, 0.6) is 0 Å². The quantitative estimate of drug-likeness (QED) is 0.664. The van der Waals surface area contributed by atoms with E-state index < -0.39 is 11.6 Å². The number of ketones is 1. The van der Waals surface area contributed by atoms with Crippen molar-refractivity contribution >= 4 is 17.2 Å². The molecule has 1 aliphatic rings. The van der Waals surface area contributed by atoms with Gasteiger partial charge in [-0.1, -0.05) is 32.0 Å². The SMILES string of the molecule is CC1(C)CC(=O)c2c([nH]c(-c3c(F)cncc3F)c2Nc2ccccc2)C1. The van der Waals surface area contributed by atoms with E-state index in [0.717, 1.165) is 18.1 Å². The summed E-state index contributed by atoms with van der Waals surface area (Å²) in [6.45, 7) is 4.01. The molecule has 3 aromatic rings. The van der Waals surface area contributed by atoms with Gasteiger partial charge in [0.1, 0.15) is 0 Å². The van der Waals surface area contributed by atoms with Gasteiger partial charge < -0.3 is 10.3 Å². The van der Waals surface area contributed by atoms with E-state index in [1.54, 1.807) is 0 Å². The van der Waals surface area contributed by atoms with Gasteiger partial charge in [-0.15, -0.1) is 0 Å². The van der Waals surface area contributed by atoms with Gasteiger partial charge in [-0.2, -0.15) is 0 Å². The maximum Gasteiger partial charge on any atom is 0.167 e. The van der Waals surface area contributed by atoms with Crippen molar-refractivity contribution in [2.75, 3.05) is 5.32 Å². The Balaban J connectivity index is 1.95. The molecule has 2 N–H and O–H groups in total. The van der Waals surface area contributed by atoms with Crippen LogP contribution in [0.3, 0.4) is 0 Å². The Morgan fingerprint density at radius 1 is 1.04 bits per heavy atom. The molecule has 0 saturated carbocycles. The number of nitrogens with one attached hydrogen (secondary N) is 2. The van der Waals surface area contributed by atoms with Crippen LogP contribution in [0.25, 0.3) is 11.3 Å². The molecule has 0 radical (unpaired) electrons. The third-order valence-electron chi connectivity index (χ3n) is 4.80. The first kappa shape index (κ1) is 17.4. The number of aromatic nitrogens is 2. The number of carbonyl (C=O) groups is 1. The van der Waals surface area contributed by atoms with Crippen molar-refractivity contribution < 1.29 is 13.6 Å². The lowest BCUT2D eigenvalue weighted by atomic mass is 9.76. The second-order valence-electron chi connectivity index (χ2n) is 7.64. The molecule has 4 nitrogen and oxygen atoms in total. The van der Waals surface area contributed by atoms with Crippen LogP contribution >= 0.6 is 0 Å². The Bertz CT molecular complexity index is 1010. The number of halogens is 2. The van der Waals surface area contributed by atoms with Gasteiger partial charge in [0.25, 0.3) is 0 Å². The van der Waals surface area contributed by atoms with Crippen molar-refractivity contribution in [2.45, 2.75) is 26.7 Å². The summed E-state index contributed by atoms with van der Waals surface area (Å²) in [5.41, 5.74) is 2.10. The number of nitrogens with zero attached hydrogens (tertiary/aromatic N) is 1. The highest BCUT2D eigenvalue weighted by Crippen LogP contribution is 2.44. The number of anilines is 2. The second-order valence-corrected chi connectivity index (χ2v) is 7.64. The highest BCUT2D eigenvalue weighted by Gasteiger charge is 2.36. The van der Waals surface area contributed by atoms with Crippen LogP contribution in [0.4, 0.5) is 20.2 Å². The Morgan fingerprint density at radius 2 is 1.70 bits per heavy atom. The molecule has 0 amide bonds. The fourth-order valence-corrected chi connectivity index (χ4v) is 3.68. The molecule has 4 rings (SSSR count). The summed E-state index contributed by atoms with van der Waals surface area (Å²) in [5, 5.41) is 3.19. The topological polar surface area (TPSA) is 57.8 Å². The molecule has 138 valence electrons. The van der Waals surface area contributed by atoms with E-state index in [-0.39, 0.29) is 22.5 Å². The van der Waals surface area contributed by atoms with E-state index in [1.807, 2.05) is 44.2 Å². The van der Waals surface area contributed by atoms with Gasteiger partial charge in [0.05, 0.1) is 34.9 Å². The number of Topliss-reactive ketones (excluding diaryl/α,β-unsaturated/α-hetero) is 1. The van der Waals surface area contributed by atoms with Crippen molar-refractivity contribution in [3.63, 3.8) is 0 Å². The van der Waals surface area contributed by atoms with Crippen LogP contribution < -0.4 is 5.32 Å². The Labute approximate surface area is 155 Å². The number of rotatable bonds is 3. The van der Waals surface area contributed by atoms with E-state index in [4.69, 9.17) is 0 Å². The van der Waals surface area contributed by atoms with Crippen LogP contribution in [-0.2, 0) is 6.42 Å². The number of hydrogen-bond acceptors (Lipinski definition) is 3. The summed E-state index contributed by atoms with van der Waals surface area (Å²) in [7, 11) is 0. The molecule has 2 heterocycles. The molecule has 0 fully saturated rings. The lowest BCUT2D eigenvalue weighted by Crippen LogP contribution is -2.26. The Kier molecular flexibility index (Phi) is 4.06. The largest absolute Gasteiger partial charge is 0.356 e. The van der Waals surface area contributed by atoms with E-state index >= 15 is 0 Å². The van der Waals surface area contributed by atoms with Gasteiger partial charge in [0.15, 0.2) is 17.4 Å². The summed E-state index contributed by atoms with van der Waals surface area (Å²) in [4.78, 5) is 19.5. The zero-order valence-corrected chi connectivity index (χ0v) is 15.1. The fraction of sp³-hybridized carbons (Fsp3) is 0.238. The van der Waals surface area contributed by atoms with Crippen LogP contribution in [0, 0.1) is 17.0 Å². The molecule has 1 aromatic carbocycles. The van der Waals surface area contributed by atoms with Crippen LogP contribution in [-0.4, -0.2) is 15.8 Å². The molecule has 0 atom stereocenters. The van der Waals surface area contributed by atoms with Crippen molar-refractivity contribution in [3.05, 3.63) is 65.6 Å². The molecule has 27 heavy (non-hydrogen) atoms. The van der Waals surface area contributed by atoms with Gasteiger partial charge in [-0.25, -0.2) is 8.78 Å². The number of H-pyrrole nitrogens is 1. The van der Waals surface area contributed by atoms with Crippen molar-refractivity contribution in [2.24, 2.45) is 5.41 Å². The third-order valence-corrected chi connectivity index (χ3v) is 4.80. The number of aromatic amines is 1. The first-order chi connectivity index (χ1) is 12.9. The van der Waals surface area contributed by atoms with Gasteiger partial charge in [0, 0.05) is 17.8 Å². The number of para-hydroxylation sites is 1. The average molecular weight is 367 g/mol. The highest BCUT2D eigenvalue weighted by atomic mass is 19.1. The van der Waals surface area contributed by atoms with Crippen LogP contribution in [0.2, 0.25) is 0 Å². The molecule has 0 aliphatic heterocycles. The minimum absolute atomic E-state index is 0.0444. The van der Waals surface area contributed by atoms with E-state index in [0.29, 0.717) is 29.8 Å². The minimum Gasteiger partial charge on any atom is -0.356 e. The average Bonchev–Trinajstić information content (AvgIpc) is 2.92. The lowest BCUT2D eigenvalue weighted by Gasteiger charge is -2.28. The Hall–Kier alpha value is -3.02. The van der Waals surface area contributed by atoms with E-state index in [1.165, 1.54) is 0 Å². The molecule has 1 aliphatic carbocycles. The van der Waals surface area contributed by atoms with Crippen LogP contribution in [0.1, 0.15) is 36.3 Å². The first-order valence-electron chi connectivity index (χ1n) is 8.75. The normalized spacial score (nSPS) is 15.5. The Morgan fingerprint density at radius 3 is 2.37 bits per heavy atom. The van der Waals surface area contributed by atoms with Crippen LogP contribution in [0.15, 0.2) is 42.7 Å². The zero-order chi connectivity index (χ0) is 19.2. The van der Waals surface area contributed by atoms with Gasteiger partial charge >= 0.3 is 0 Å². The predicted molar refractivity (Wildman–Crippen MR) is 100 cm³/mol. The maximum absolute atomic E-state index is 14.4. The number of fused-ring (bicyclic) bond motifs is 1. The molecule has 2 aromatic heterocycles. The lowest BCUT2D eigenvalue weighted by molar-refractivity contribution is 0.0912. The van der Waals surface area contributed by atoms with Gasteiger partial charge in [-0.3, -0.25) is 9.78 Å². The zero-order valence-electron chi connectivity index (χ0n) is 15.1. The monoisotopic (exact) mass is 367 g/mol. The summed E-state index contributed by atoms with van der Waals surface area (Å²) in [6.07, 6.45) is 2.93. The summed E-state index contributed by atoms with van der Waals surface area (Å²) >= 11 is 0. The predicted octanol–water partition coefficient (Wildman–Crippen LogP) is 5.25. The first-order valence-corrected chi connectivity index (χ1v) is 8.75. The van der Waals surface area contributed by atoms with Gasteiger partial charge in [0.2, 0.25) is 0 Å². The fourth-order valence-electron chi connectivity index (χ4n) is 3.68. The number of carbonyl (C=O) groups excluding carboxylic acids is 1. The molecule has 0 bridgehead atoms. The highest BCUT2D eigenvalue weighted by molar-refractivity contribution is 6.07. The van der Waals surface area contributed by atoms with E-state index in [2.05, 4.69) is 15.3 Å². The third kappa shape index (κ3) is 3.12. The molecular formula is C21H19F2N3O. The summed E-state index contributed by atoms with van der Waals surface area (Å²) in [6, 6.07) is 9.23. The van der Waals surface area contributed by atoms with Crippen molar-refractivity contribution in [3.8, 4) is 11.3 Å². The summed E-state index contributed by atoms with van der Waals surface area (Å²) < 4.78 is 28.9. The summed E-state index contributed by atoms with van der Waals surface area (Å²) in [5.74, 6) is -1.61. The molecule has 0 unspecified atom stereocenters.